The maximum atomic E-state index is 13.1. The van der Waals surface area contributed by atoms with Crippen molar-refractivity contribution in [2.75, 3.05) is 6.54 Å². The van der Waals surface area contributed by atoms with E-state index in [0.717, 1.165) is 0 Å². The van der Waals surface area contributed by atoms with E-state index >= 15 is 0 Å². The predicted octanol–water partition coefficient (Wildman–Crippen LogP) is -1.73. The molecule has 4 atom stereocenters. The zero-order valence-electron chi connectivity index (χ0n) is 21.2. The first-order valence-electron chi connectivity index (χ1n) is 12.1. The van der Waals surface area contributed by atoms with E-state index in [4.69, 9.17) is 21.7 Å². The molecule has 1 aromatic rings. The van der Waals surface area contributed by atoms with Gasteiger partial charge >= 0.3 is 17.9 Å². The third-order valence-corrected chi connectivity index (χ3v) is 5.58. The van der Waals surface area contributed by atoms with Crippen molar-refractivity contribution in [2.45, 2.75) is 69.1 Å². The second-order valence-electron chi connectivity index (χ2n) is 8.81. The van der Waals surface area contributed by atoms with Crippen LogP contribution < -0.4 is 27.4 Å². The summed E-state index contributed by atoms with van der Waals surface area (Å²) < 4.78 is 0. The van der Waals surface area contributed by atoms with Gasteiger partial charge in [0.25, 0.3) is 0 Å². The molecule has 0 radical (unpaired) electrons. The number of aromatic hydroxyl groups is 1. The number of hydrogen-bond acceptors (Lipinski definition) is 9. The molecule has 216 valence electrons. The summed E-state index contributed by atoms with van der Waals surface area (Å²) in [6.07, 6.45) is -0.840. The minimum absolute atomic E-state index is 0.0348. The molecule has 0 aliphatic heterocycles. The lowest BCUT2D eigenvalue weighted by Gasteiger charge is -2.25. The van der Waals surface area contributed by atoms with Crippen LogP contribution in [0.3, 0.4) is 0 Å². The summed E-state index contributed by atoms with van der Waals surface area (Å²) in [4.78, 5) is 71.9. The predicted molar refractivity (Wildman–Crippen MR) is 135 cm³/mol. The molecule has 0 fully saturated rings. The van der Waals surface area contributed by atoms with Crippen molar-refractivity contribution >= 4 is 35.6 Å². The molecular weight excluding hydrogens is 518 g/mol. The van der Waals surface area contributed by atoms with Crippen LogP contribution in [0.5, 0.6) is 5.75 Å². The second-order valence-corrected chi connectivity index (χ2v) is 8.81. The number of unbranched alkanes of at least 4 members (excludes halogenated alkanes) is 1. The van der Waals surface area contributed by atoms with Crippen molar-refractivity contribution in [1.29, 1.82) is 0 Å². The molecule has 4 unspecified atom stereocenters. The quantitative estimate of drug-likeness (QED) is 0.0917. The molecule has 0 bridgehead atoms. The van der Waals surface area contributed by atoms with E-state index in [0.29, 0.717) is 24.9 Å². The monoisotopic (exact) mass is 553 g/mol. The number of rotatable bonds is 18. The molecule has 0 aliphatic carbocycles. The molecule has 1 rings (SSSR count). The van der Waals surface area contributed by atoms with Crippen LogP contribution in [-0.2, 0) is 35.2 Å². The van der Waals surface area contributed by atoms with Gasteiger partial charge in [-0.2, -0.15) is 0 Å². The number of carboxylic acids is 3. The third-order valence-electron chi connectivity index (χ3n) is 5.58. The number of carbonyl (C=O) groups excluding carboxylic acids is 3. The highest BCUT2D eigenvalue weighted by Crippen LogP contribution is 2.11. The normalized spacial score (nSPS) is 13.8. The van der Waals surface area contributed by atoms with Crippen LogP contribution in [0.25, 0.3) is 0 Å². The van der Waals surface area contributed by atoms with E-state index in [9.17, 15) is 39.0 Å². The van der Waals surface area contributed by atoms with Crippen LogP contribution in [0.15, 0.2) is 24.3 Å². The molecule has 1 aromatic carbocycles. The Morgan fingerprint density at radius 2 is 1.28 bits per heavy atom. The largest absolute Gasteiger partial charge is 0.508 e. The number of aliphatic carboxylic acids is 3. The molecular formula is C24H35N5O10. The molecule has 0 saturated carbocycles. The second kappa shape index (κ2) is 16.6. The van der Waals surface area contributed by atoms with Gasteiger partial charge in [-0.25, -0.2) is 4.79 Å². The number of carboxylic acid groups (broad SMARTS) is 3. The van der Waals surface area contributed by atoms with E-state index in [1.165, 1.54) is 12.1 Å². The molecule has 39 heavy (non-hydrogen) atoms. The van der Waals surface area contributed by atoms with Gasteiger partial charge in [-0.15, -0.1) is 0 Å². The van der Waals surface area contributed by atoms with E-state index in [1.807, 2.05) is 5.32 Å². The summed E-state index contributed by atoms with van der Waals surface area (Å²) in [5, 5.41) is 43.3. The maximum absolute atomic E-state index is 13.1. The summed E-state index contributed by atoms with van der Waals surface area (Å²) in [6, 6.07) is 0.388. The van der Waals surface area contributed by atoms with Gasteiger partial charge in [-0.1, -0.05) is 12.1 Å². The summed E-state index contributed by atoms with van der Waals surface area (Å²) in [5.41, 5.74) is 12.1. The fourth-order valence-corrected chi connectivity index (χ4v) is 3.47. The third kappa shape index (κ3) is 12.7. The maximum Gasteiger partial charge on any atom is 0.326 e. The van der Waals surface area contributed by atoms with Crippen molar-refractivity contribution in [3.63, 3.8) is 0 Å². The fraction of sp³-hybridized carbons (Fsp3) is 0.500. The smallest absolute Gasteiger partial charge is 0.326 e. The van der Waals surface area contributed by atoms with Gasteiger partial charge in [-0.05, 0) is 56.3 Å². The zero-order chi connectivity index (χ0) is 29.5. The molecule has 0 aromatic heterocycles. The number of carbonyl (C=O) groups is 6. The molecule has 3 amide bonds. The lowest BCUT2D eigenvalue weighted by atomic mass is 10.0. The first kappa shape index (κ1) is 32.8. The summed E-state index contributed by atoms with van der Waals surface area (Å²) in [6.45, 7) is 0.312. The van der Waals surface area contributed by atoms with Gasteiger partial charge in [0.1, 0.15) is 23.9 Å². The average molecular weight is 554 g/mol. The molecule has 0 heterocycles. The SMILES string of the molecule is NCCCCC(NC(=O)C(N)Cc1ccc(O)cc1)C(=O)NC(CCC(=O)O)C(=O)NC(CC(=O)O)C(=O)O. The Morgan fingerprint density at radius 1 is 0.744 bits per heavy atom. The number of nitrogens with two attached hydrogens (primary N) is 2. The minimum atomic E-state index is -1.82. The van der Waals surface area contributed by atoms with Gasteiger partial charge in [-0.3, -0.25) is 24.0 Å². The first-order chi connectivity index (χ1) is 18.3. The van der Waals surface area contributed by atoms with Crippen molar-refractivity contribution in [2.24, 2.45) is 11.5 Å². The Bertz CT molecular complexity index is 1020. The minimum Gasteiger partial charge on any atom is -0.508 e. The van der Waals surface area contributed by atoms with Crippen molar-refractivity contribution in [1.82, 2.24) is 16.0 Å². The number of amides is 3. The van der Waals surface area contributed by atoms with Crippen LogP contribution >= 0.6 is 0 Å². The lowest BCUT2D eigenvalue weighted by molar-refractivity contribution is -0.147. The van der Waals surface area contributed by atoms with Crippen LogP contribution in [0.2, 0.25) is 0 Å². The van der Waals surface area contributed by atoms with Gasteiger partial charge in [0.2, 0.25) is 17.7 Å². The number of phenolic OH excluding ortho intramolecular Hbond substituents is 1. The Hall–Kier alpha value is -4.24. The highest BCUT2D eigenvalue weighted by Gasteiger charge is 2.31. The number of nitrogens with one attached hydrogen (secondary N) is 3. The molecule has 15 heteroatoms. The van der Waals surface area contributed by atoms with E-state index in [2.05, 4.69) is 10.6 Å². The van der Waals surface area contributed by atoms with Crippen molar-refractivity contribution in [3.8, 4) is 5.75 Å². The van der Waals surface area contributed by atoms with Gasteiger partial charge in [0.15, 0.2) is 0 Å². The Kier molecular flexibility index (Phi) is 13.9. The lowest BCUT2D eigenvalue weighted by Crippen LogP contribution is -2.57. The van der Waals surface area contributed by atoms with Crippen LogP contribution in [0.1, 0.15) is 44.1 Å². The topological polar surface area (TPSA) is 271 Å². The van der Waals surface area contributed by atoms with Crippen LogP contribution in [-0.4, -0.2) is 86.8 Å². The molecule has 0 saturated heterocycles. The highest BCUT2D eigenvalue weighted by atomic mass is 16.4. The molecule has 0 spiro atoms. The number of hydrogen-bond donors (Lipinski definition) is 9. The standard InChI is InChI=1S/C24H35N5O10/c25-10-2-1-3-16(27-21(35)15(26)11-13-4-6-14(30)7-5-13)22(36)28-17(8-9-19(31)32)23(37)29-18(24(38)39)12-20(33)34/h4-7,15-18,30H,1-3,8-12,25-26H2,(H,27,35)(H,28,36)(H,29,37)(H,31,32)(H,33,34)(H,38,39). The summed E-state index contributed by atoms with van der Waals surface area (Å²) >= 11 is 0. The summed E-state index contributed by atoms with van der Waals surface area (Å²) in [5.74, 6) is -7.04. The molecule has 15 nitrogen and oxygen atoms in total. The number of phenols is 1. The first-order valence-corrected chi connectivity index (χ1v) is 12.1. The Balaban J connectivity index is 3.02. The van der Waals surface area contributed by atoms with E-state index in [-0.39, 0.29) is 18.6 Å². The zero-order valence-corrected chi connectivity index (χ0v) is 21.2. The summed E-state index contributed by atoms with van der Waals surface area (Å²) in [7, 11) is 0. The van der Waals surface area contributed by atoms with Crippen LogP contribution in [0, 0.1) is 0 Å². The average Bonchev–Trinajstić information content (AvgIpc) is 2.86. The van der Waals surface area contributed by atoms with Gasteiger partial charge in [0, 0.05) is 6.42 Å². The fourth-order valence-electron chi connectivity index (χ4n) is 3.47. The molecule has 0 aliphatic rings. The Morgan fingerprint density at radius 3 is 1.79 bits per heavy atom. The van der Waals surface area contributed by atoms with E-state index < -0.39 is 79.1 Å². The van der Waals surface area contributed by atoms with Gasteiger partial charge in [0.05, 0.1) is 12.5 Å². The van der Waals surface area contributed by atoms with Crippen LogP contribution in [0.4, 0.5) is 0 Å². The van der Waals surface area contributed by atoms with Gasteiger partial charge < -0.3 is 47.8 Å². The number of benzene rings is 1. The van der Waals surface area contributed by atoms with E-state index in [1.54, 1.807) is 12.1 Å². The van der Waals surface area contributed by atoms with Crippen molar-refractivity contribution < 1.29 is 49.2 Å². The Labute approximate surface area is 223 Å². The highest BCUT2D eigenvalue weighted by molar-refractivity contribution is 5.94. The van der Waals surface area contributed by atoms with Crippen molar-refractivity contribution in [3.05, 3.63) is 29.8 Å². The molecule has 11 N–H and O–H groups in total.